The number of hydrogen-bond acceptors (Lipinski definition) is 6. The maximum absolute atomic E-state index is 12.0. The number of rotatable bonds is 8. The van der Waals surface area contributed by atoms with Crippen molar-refractivity contribution in [1.82, 2.24) is 15.3 Å². The molecule has 0 bridgehead atoms. The number of hydrogen-bond donors (Lipinski definition) is 2. The van der Waals surface area contributed by atoms with Crippen LogP contribution in [0, 0.1) is 12.8 Å². The largest absolute Gasteiger partial charge is 0.378 e. The fraction of sp³-hybridized carbons (Fsp3) is 0.750. The first-order valence-electron chi connectivity index (χ1n) is 10.4. The Balaban J connectivity index is 1.37. The molecule has 2 heterocycles. The second-order valence-electron chi connectivity index (χ2n) is 7.58. The SMILES string of the molecule is Cc1nc(NCCNC(=O)CCC2CCCCC2)cc(N2CCOCC2)n1. The summed E-state index contributed by atoms with van der Waals surface area (Å²) >= 11 is 0. The molecule has 1 amide bonds. The smallest absolute Gasteiger partial charge is 0.220 e. The van der Waals surface area contributed by atoms with Crippen molar-refractivity contribution >= 4 is 17.5 Å². The van der Waals surface area contributed by atoms with Crippen LogP contribution in [0.5, 0.6) is 0 Å². The van der Waals surface area contributed by atoms with Gasteiger partial charge in [0.25, 0.3) is 0 Å². The molecule has 0 radical (unpaired) electrons. The van der Waals surface area contributed by atoms with E-state index in [2.05, 4.69) is 25.5 Å². The number of carbonyl (C=O) groups is 1. The molecule has 3 rings (SSSR count). The Morgan fingerprint density at radius 3 is 2.74 bits per heavy atom. The first-order valence-corrected chi connectivity index (χ1v) is 10.4. The summed E-state index contributed by atoms with van der Waals surface area (Å²) in [5.74, 6) is 3.41. The van der Waals surface area contributed by atoms with E-state index in [0.29, 0.717) is 19.5 Å². The topological polar surface area (TPSA) is 79.4 Å². The second-order valence-corrected chi connectivity index (χ2v) is 7.58. The van der Waals surface area contributed by atoms with Gasteiger partial charge in [0.1, 0.15) is 17.5 Å². The summed E-state index contributed by atoms with van der Waals surface area (Å²) in [7, 11) is 0. The van der Waals surface area contributed by atoms with E-state index < -0.39 is 0 Å². The fourth-order valence-electron chi connectivity index (χ4n) is 3.89. The van der Waals surface area contributed by atoms with Crippen LogP contribution in [0.4, 0.5) is 11.6 Å². The van der Waals surface area contributed by atoms with Crippen molar-refractivity contribution in [1.29, 1.82) is 0 Å². The lowest BCUT2D eigenvalue weighted by atomic mass is 9.86. The number of morpholine rings is 1. The quantitative estimate of drug-likeness (QED) is 0.680. The Morgan fingerprint density at radius 2 is 1.96 bits per heavy atom. The molecule has 2 fully saturated rings. The highest BCUT2D eigenvalue weighted by Crippen LogP contribution is 2.27. The van der Waals surface area contributed by atoms with Crippen molar-refractivity contribution in [3.05, 3.63) is 11.9 Å². The third kappa shape index (κ3) is 6.65. The Morgan fingerprint density at radius 1 is 1.19 bits per heavy atom. The van der Waals surface area contributed by atoms with Gasteiger partial charge in [-0.1, -0.05) is 32.1 Å². The van der Waals surface area contributed by atoms with Gasteiger partial charge in [-0.05, 0) is 19.3 Å². The number of ether oxygens (including phenoxy) is 1. The molecule has 150 valence electrons. The summed E-state index contributed by atoms with van der Waals surface area (Å²) in [6, 6.07) is 1.98. The molecule has 1 saturated carbocycles. The number of amides is 1. The molecule has 27 heavy (non-hydrogen) atoms. The van der Waals surface area contributed by atoms with E-state index >= 15 is 0 Å². The van der Waals surface area contributed by atoms with Gasteiger partial charge in [-0.15, -0.1) is 0 Å². The van der Waals surface area contributed by atoms with Crippen molar-refractivity contribution < 1.29 is 9.53 Å². The molecule has 1 aliphatic heterocycles. The van der Waals surface area contributed by atoms with Gasteiger partial charge in [-0.2, -0.15) is 0 Å². The Kier molecular flexibility index (Phi) is 7.68. The summed E-state index contributed by atoms with van der Waals surface area (Å²) in [5, 5.41) is 6.32. The second kappa shape index (κ2) is 10.4. The van der Waals surface area contributed by atoms with E-state index in [0.717, 1.165) is 56.1 Å². The molecule has 7 nitrogen and oxygen atoms in total. The number of carbonyl (C=O) groups excluding carboxylic acids is 1. The monoisotopic (exact) mass is 375 g/mol. The molecule has 1 aliphatic carbocycles. The van der Waals surface area contributed by atoms with Crippen LogP contribution >= 0.6 is 0 Å². The number of aromatic nitrogens is 2. The summed E-state index contributed by atoms with van der Waals surface area (Å²) in [6.07, 6.45) is 8.32. The van der Waals surface area contributed by atoms with Crippen LogP contribution in [-0.4, -0.2) is 55.3 Å². The maximum Gasteiger partial charge on any atom is 0.220 e. The normalized spacial score (nSPS) is 18.3. The summed E-state index contributed by atoms with van der Waals surface area (Å²) in [6.45, 7) is 6.35. The minimum atomic E-state index is 0.162. The van der Waals surface area contributed by atoms with E-state index in [1.165, 1.54) is 32.1 Å². The molecule has 2 aliphatic rings. The van der Waals surface area contributed by atoms with E-state index in [4.69, 9.17) is 4.74 Å². The van der Waals surface area contributed by atoms with E-state index in [1.54, 1.807) is 0 Å². The number of aryl methyl sites for hydroxylation is 1. The standard InChI is InChI=1S/C20H33N5O2/c1-16-23-18(15-19(24-16)25-11-13-27-14-12-25)21-9-10-22-20(26)8-7-17-5-3-2-4-6-17/h15,17H,2-14H2,1H3,(H,22,26)(H,21,23,24). The van der Waals surface area contributed by atoms with Crippen molar-refractivity contribution in [3.8, 4) is 0 Å². The van der Waals surface area contributed by atoms with Gasteiger partial charge in [-0.3, -0.25) is 4.79 Å². The zero-order valence-corrected chi connectivity index (χ0v) is 16.5. The lowest BCUT2D eigenvalue weighted by molar-refractivity contribution is -0.121. The lowest BCUT2D eigenvalue weighted by Crippen LogP contribution is -2.37. The van der Waals surface area contributed by atoms with Crippen molar-refractivity contribution in [2.24, 2.45) is 5.92 Å². The molecule has 1 aromatic rings. The minimum Gasteiger partial charge on any atom is -0.378 e. The summed E-state index contributed by atoms with van der Waals surface area (Å²) in [4.78, 5) is 23.2. The first kappa shape index (κ1) is 19.9. The van der Waals surface area contributed by atoms with Gasteiger partial charge >= 0.3 is 0 Å². The number of nitrogens with zero attached hydrogens (tertiary/aromatic N) is 3. The molecule has 1 saturated heterocycles. The van der Waals surface area contributed by atoms with Crippen molar-refractivity contribution in [2.75, 3.05) is 49.6 Å². The first-order chi connectivity index (χ1) is 13.2. The predicted octanol–water partition coefficient (Wildman–Crippen LogP) is 2.51. The molecule has 0 atom stereocenters. The van der Waals surface area contributed by atoms with Gasteiger partial charge < -0.3 is 20.3 Å². The van der Waals surface area contributed by atoms with Gasteiger partial charge in [0.2, 0.25) is 5.91 Å². The highest BCUT2D eigenvalue weighted by molar-refractivity contribution is 5.75. The average molecular weight is 376 g/mol. The third-order valence-corrected chi connectivity index (χ3v) is 5.42. The fourth-order valence-corrected chi connectivity index (χ4v) is 3.89. The van der Waals surface area contributed by atoms with Crippen LogP contribution in [0.25, 0.3) is 0 Å². The van der Waals surface area contributed by atoms with E-state index in [-0.39, 0.29) is 5.91 Å². The zero-order valence-electron chi connectivity index (χ0n) is 16.5. The Hall–Kier alpha value is -1.89. The van der Waals surface area contributed by atoms with Crippen LogP contribution in [0.1, 0.15) is 50.8 Å². The van der Waals surface area contributed by atoms with Crippen molar-refractivity contribution in [2.45, 2.75) is 51.9 Å². The Bertz CT molecular complexity index is 598. The van der Waals surface area contributed by atoms with Gasteiger partial charge in [0.15, 0.2) is 0 Å². The number of nitrogens with one attached hydrogen (secondary N) is 2. The molecule has 7 heteroatoms. The molecular weight excluding hydrogens is 342 g/mol. The highest BCUT2D eigenvalue weighted by Gasteiger charge is 2.15. The minimum absolute atomic E-state index is 0.162. The zero-order chi connectivity index (χ0) is 18.9. The predicted molar refractivity (Wildman–Crippen MR) is 107 cm³/mol. The van der Waals surface area contributed by atoms with Crippen LogP contribution < -0.4 is 15.5 Å². The molecule has 1 aromatic heterocycles. The molecule has 0 spiro atoms. The van der Waals surface area contributed by atoms with Crippen LogP contribution in [0.15, 0.2) is 6.07 Å². The lowest BCUT2D eigenvalue weighted by Gasteiger charge is -2.28. The van der Waals surface area contributed by atoms with Crippen LogP contribution in [0.3, 0.4) is 0 Å². The average Bonchev–Trinajstić information content (AvgIpc) is 2.71. The molecule has 2 N–H and O–H groups in total. The van der Waals surface area contributed by atoms with Crippen LogP contribution in [0.2, 0.25) is 0 Å². The third-order valence-electron chi connectivity index (χ3n) is 5.42. The molecular formula is C20H33N5O2. The van der Waals surface area contributed by atoms with Gasteiger partial charge in [0, 0.05) is 38.7 Å². The summed E-state index contributed by atoms with van der Waals surface area (Å²) < 4.78 is 5.40. The summed E-state index contributed by atoms with van der Waals surface area (Å²) in [5.41, 5.74) is 0. The molecule has 0 aromatic carbocycles. The number of anilines is 2. The highest BCUT2D eigenvalue weighted by atomic mass is 16.5. The van der Waals surface area contributed by atoms with E-state index in [9.17, 15) is 4.79 Å². The maximum atomic E-state index is 12.0. The van der Waals surface area contributed by atoms with Crippen LogP contribution in [-0.2, 0) is 9.53 Å². The van der Waals surface area contributed by atoms with Gasteiger partial charge in [0.05, 0.1) is 13.2 Å². The Labute approximate surface area is 162 Å². The van der Waals surface area contributed by atoms with Crippen molar-refractivity contribution in [3.63, 3.8) is 0 Å². The van der Waals surface area contributed by atoms with E-state index in [1.807, 2.05) is 13.0 Å². The van der Waals surface area contributed by atoms with Gasteiger partial charge in [-0.25, -0.2) is 9.97 Å². The molecule has 0 unspecified atom stereocenters.